The first kappa shape index (κ1) is 21.9. The second-order valence-corrected chi connectivity index (χ2v) is 10.6. The maximum absolute atomic E-state index is 15.0. The molecule has 1 amide bonds. The highest BCUT2D eigenvalue weighted by atomic mass is 16.7. The SMILES string of the molecule is Cc1ccc(C[N+]2(CCN3CCCC3)C(=O)C3(COc4cc5c(cc43)OCO5)c3ccccc32)cc1. The number of ether oxygens (including phenoxy) is 3. The standard InChI is InChI=1S/C30H31N2O4/c1-21-8-10-22(11-9-21)18-32(15-14-31-12-4-5-13-31)25-7-3-2-6-23(25)30(29(32)33)19-34-26-17-28-27(16-24(26)30)35-20-36-28/h2-3,6-11,16-17H,4-5,12-15,18-20H2,1H3/q+1. The van der Waals surface area contributed by atoms with E-state index in [0.717, 1.165) is 48.7 Å². The van der Waals surface area contributed by atoms with Crippen LogP contribution in [0, 0.1) is 6.92 Å². The molecule has 6 nitrogen and oxygen atoms in total. The zero-order valence-corrected chi connectivity index (χ0v) is 20.7. The van der Waals surface area contributed by atoms with Crippen LogP contribution in [-0.2, 0) is 16.8 Å². The van der Waals surface area contributed by atoms with Crippen molar-refractivity contribution >= 4 is 11.6 Å². The van der Waals surface area contributed by atoms with Crippen LogP contribution in [0.1, 0.15) is 35.1 Å². The van der Waals surface area contributed by atoms with E-state index in [4.69, 9.17) is 14.2 Å². The van der Waals surface area contributed by atoms with Crippen LogP contribution in [-0.4, -0.2) is 50.4 Å². The molecule has 3 aromatic rings. The van der Waals surface area contributed by atoms with Crippen molar-refractivity contribution in [2.24, 2.45) is 0 Å². The highest BCUT2D eigenvalue weighted by Crippen LogP contribution is 2.57. The molecule has 36 heavy (non-hydrogen) atoms. The summed E-state index contributed by atoms with van der Waals surface area (Å²) in [4.78, 5) is 17.6. The second-order valence-electron chi connectivity index (χ2n) is 10.6. The second kappa shape index (κ2) is 8.08. The lowest BCUT2D eigenvalue weighted by Gasteiger charge is -2.35. The summed E-state index contributed by atoms with van der Waals surface area (Å²) in [5, 5.41) is 0. The molecular weight excluding hydrogens is 452 g/mol. The summed E-state index contributed by atoms with van der Waals surface area (Å²) in [6.45, 7) is 7.09. The lowest BCUT2D eigenvalue weighted by molar-refractivity contribution is -0.134. The number of fused-ring (bicyclic) bond motifs is 5. The van der Waals surface area contributed by atoms with E-state index in [2.05, 4.69) is 54.3 Å². The van der Waals surface area contributed by atoms with E-state index in [0.29, 0.717) is 29.1 Å². The number of hydrogen-bond donors (Lipinski definition) is 0. The lowest BCUT2D eigenvalue weighted by atomic mass is 9.77. The Bertz CT molecular complexity index is 1350. The monoisotopic (exact) mass is 483 g/mol. The summed E-state index contributed by atoms with van der Waals surface area (Å²) in [7, 11) is 0. The third kappa shape index (κ3) is 3.07. The first-order valence-corrected chi connectivity index (χ1v) is 13.0. The third-order valence-corrected chi connectivity index (χ3v) is 8.53. The summed E-state index contributed by atoms with van der Waals surface area (Å²) < 4.78 is 17.9. The highest BCUT2D eigenvalue weighted by Gasteiger charge is 2.66. The molecule has 0 aromatic heterocycles. The number of rotatable bonds is 5. The van der Waals surface area contributed by atoms with Gasteiger partial charge in [0.05, 0.1) is 0 Å². The van der Waals surface area contributed by atoms with Crippen molar-refractivity contribution in [1.82, 2.24) is 9.38 Å². The Morgan fingerprint density at radius 1 is 0.889 bits per heavy atom. The minimum atomic E-state index is -0.859. The molecule has 2 unspecified atom stereocenters. The van der Waals surface area contributed by atoms with Crippen LogP contribution in [0.5, 0.6) is 17.2 Å². The van der Waals surface area contributed by atoms with Gasteiger partial charge in [-0.3, -0.25) is 4.90 Å². The van der Waals surface area contributed by atoms with Gasteiger partial charge in [-0.15, -0.1) is 0 Å². The number of nitrogens with zero attached hydrogens (tertiary/aromatic N) is 2. The summed E-state index contributed by atoms with van der Waals surface area (Å²) in [5.74, 6) is 2.28. The number of amides is 1. The number of hydrogen-bond acceptors (Lipinski definition) is 5. The minimum absolute atomic E-state index is 0.193. The number of likely N-dealkylation sites (tertiary alicyclic amines) is 1. The van der Waals surface area contributed by atoms with E-state index in [-0.39, 0.29) is 12.7 Å². The Morgan fingerprint density at radius 2 is 1.64 bits per heavy atom. The number of aryl methyl sites for hydroxylation is 1. The molecule has 6 heteroatoms. The molecule has 1 spiro atoms. The topological polar surface area (TPSA) is 48.0 Å². The Hall–Kier alpha value is -3.35. The van der Waals surface area contributed by atoms with Crippen molar-refractivity contribution in [1.29, 1.82) is 0 Å². The van der Waals surface area contributed by atoms with Crippen LogP contribution >= 0.6 is 0 Å². The molecule has 1 saturated heterocycles. The first-order valence-electron chi connectivity index (χ1n) is 13.0. The van der Waals surface area contributed by atoms with Crippen molar-refractivity contribution in [3.63, 3.8) is 0 Å². The fraction of sp³-hybridized carbons (Fsp3) is 0.367. The van der Waals surface area contributed by atoms with Gasteiger partial charge >= 0.3 is 5.91 Å². The average Bonchev–Trinajstić information content (AvgIpc) is 3.68. The minimum Gasteiger partial charge on any atom is -0.491 e. The van der Waals surface area contributed by atoms with Gasteiger partial charge in [-0.25, -0.2) is 9.28 Å². The lowest BCUT2D eigenvalue weighted by Crippen LogP contribution is -2.59. The number of para-hydroxylation sites is 1. The van der Waals surface area contributed by atoms with Crippen LogP contribution < -0.4 is 18.7 Å². The molecule has 0 aliphatic carbocycles. The van der Waals surface area contributed by atoms with Gasteiger partial charge < -0.3 is 14.2 Å². The summed E-state index contributed by atoms with van der Waals surface area (Å²) in [6, 6.07) is 20.9. The number of carbonyl (C=O) groups is 1. The van der Waals surface area contributed by atoms with E-state index in [1.54, 1.807) is 0 Å². The van der Waals surface area contributed by atoms with E-state index in [1.165, 1.54) is 24.0 Å². The Labute approximate surface area is 211 Å². The van der Waals surface area contributed by atoms with Crippen molar-refractivity contribution < 1.29 is 19.0 Å². The molecule has 0 bridgehead atoms. The Kier molecular flexibility index (Phi) is 4.92. The predicted octanol–water partition coefficient (Wildman–Crippen LogP) is 4.55. The molecule has 7 rings (SSSR count). The smallest absolute Gasteiger partial charge is 0.338 e. The molecule has 184 valence electrons. The van der Waals surface area contributed by atoms with Crippen LogP contribution in [0.4, 0.5) is 5.69 Å². The maximum Gasteiger partial charge on any atom is 0.338 e. The van der Waals surface area contributed by atoms with Crippen molar-refractivity contribution in [3.05, 3.63) is 82.9 Å². The molecule has 4 aliphatic rings. The summed E-state index contributed by atoms with van der Waals surface area (Å²) >= 11 is 0. The van der Waals surface area contributed by atoms with Gasteiger partial charge in [0, 0.05) is 29.3 Å². The quantitative estimate of drug-likeness (QED) is 0.499. The van der Waals surface area contributed by atoms with Crippen molar-refractivity contribution in [2.45, 2.75) is 31.7 Å². The molecular formula is C30H31N2O4+. The predicted molar refractivity (Wildman–Crippen MR) is 138 cm³/mol. The summed E-state index contributed by atoms with van der Waals surface area (Å²) in [5.41, 5.74) is 4.59. The van der Waals surface area contributed by atoms with Gasteiger partial charge in [-0.05, 0) is 45.0 Å². The Balaban J connectivity index is 1.39. The van der Waals surface area contributed by atoms with Gasteiger partial charge in [0.1, 0.15) is 31.1 Å². The Morgan fingerprint density at radius 3 is 2.44 bits per heavy atom. The molecule has 0 radical (unpaired) electrons. The van der Waals surface area contributed by atoms with Crippen LogP contribution in [0.25, 0.3) is 0 Å². The fourth-order valence-electron chi connectivity index (χ4n) is 6.62. The van der Waals surface area contributed by atoms with E-state index < -0.39 is 5.41 Å². The van der Waals surface area contributed by atoms with Crippen LogP contribution in [0.3, 0.4) is 0 Å². The van der Waals surface area contributed by atoms with Crippen LogP contribution in [0.15, 0.2) is 60.7 Å². The third-order valence-electron chi connectivity index (χ3n) is 8.53. The molecule has 4 heterocycles. The number of benzene rings is 3. The number of carbonyl (C=O) groups excluding carboxylic acids is 1. The van der Waals surface area contributed by atoms with E-state index in [9.17, 15) is 0 Å². The van der Waals surface area contributed by atoms with E-state index >= 15 is 4.79 Å². The van der Waals surface area contributed by atoms with Gasteiger partial charge in [0.2, 0.25) is 6.79 Å². The fourth-order valence-corrected chi connectivity index (χ4v) is 6.62. The molecule has 0 saturated carbocycles. The van der Waals surface area contributed by atoms with Gasteiger partial charge in [-0.2, -0.15) is 0 Å². The zero-order valence-electron chi connectivity index (χ0n) is 20.7. The van der Waals surface area contributed by atoms with Gasteiger partial charge in [-0.1, -0.05) is 48.0 Å². The maximum atomic E-state index is 15.0. The molecule has 4 aliphatic heterocycles. The largest absolute Gasteiger partial charge is 0.491 e. The normalized spacial score (nSPS) is 25.9. The highest BCUT2D eigenvalue weighted by molar-refractivity contribution is 6.08. The molecule has 0 N–H and O–H groups in total. The average molecular weight is 484 g/mol. The zero-order chi connectivity index (χ0) is 24.3. The van der Waals surface area contributed by atoms with Crippen LogP contribution in [0.2, 0.25) is 0 Å². The van der Waals surface area contributed by atoms with Crippen molar-refractivity contribution in [3.8, 4) is 17.2 Å². The van der Waals surface area contributed by atoms with Crippen molar-refractivity contribution in [2.75, 3.05) is 39.6 Å². The summed E-state index contributed by atoms with van der Waals surface area (Å²) in [6.07, 6.45) is 2.47. The molecule has 2 atom stereocenters. The first-order chi connectivity index (χ1) is 17.6. The van der Waals surface area contributed by atoms with Gasteiger partial charge in [0.25, 0.3) is 0 Å². The molecule has 1 fully saturated rings. The van der Waals surface area contributed by atoms with Gasteiger partial charge in [0.15, 0.2) is 16.9 Å². The molecule has 3 aromatic carbocycles. The number of quaternary nitrogens is 1. The van der Waals surface area contributed by atoms with E-state index in [1.807, 2.05) is 18.2 Å².